The van der Waals surface area contributed by atoms with E-state index in [2.05, 4.69) is 16.8 Å². The van der Waals surface area contributed by atoms with Crippen LogP contribution in [0.1, 0.15) is 25.1 Å². The summed E-state index contributed by atoms with van der Waals surface area (Å²) in [6, 6.07) is 5.71. The summed E-state index contributed by atoms with van der Waals surface area (Å²) in [5.41, 5.74) is 3.45. The standard InChI is InChI=1S/C18H21N5O2/c1-4-18(25)22(12-15-11-19-23(5-2)20-15)16-6-7-17-14(10-16)8-9-21(17)13(3)24/h4,6-7,10-11H,1,5,8-9,12H2,2-3H3. The second-order valence-electron chi connectivity index (χ2n) is 5.89. The molecule has 1 aromatic heterocycles. The highest BCUT2D eigenvalue weighted by Crippen LogP contribution is 2.32. The highest BCUT2D eigenvalue weighted by Gasteiger charge is 2.24. The predicted molar refractivity (Wildman–Crippen MR) is 95.3 cm³/mol. The summed E-state index contributed by atoms with van der Waals surface area (Å²) >= 11 is 0. The quantitative estimate of drug-likeness (QED) is 0.781. The van der Waals surface area contributed by atoms with Gasteiger partial charge in [0, 0.05) is 24.8 Å². The van der Waals surface area contributed by atoms with Crippen LogP contribution in [-0.2, 0) is 29.1 Å². The van der Waals surface area contributed by atoms with Gasteiger partial charge in [0.05, 0.1) is 19.3 Å². The second-order valence-corrected chi connectivity index (χ2v) is 5.89. The van der Waals surface area contributed by atoms with Crippen LogP contribution in [0.4, 0.5) is 11.4 Å². The number of aromatic nitrogens is 3. The van der Waals surface area contributed by atoms with Crippen molar-refractivity contribution in [2.24, 2.45) is 0 Å². The number of fused-ring (bicyclic) bond motifs is 1. The van der Waals surface area contributed by atoms with Gasteiger partial charge in [-0.15, -0.1) is 0 Å². The molecule has 0 saturated carbocycles. The number of hydrogen-bond acceptors (Lipinski definition) is 4. The van der Waals surface area contributed by atoms with E-state index in [1.54, 1.807) is 27.7 Å². The Balaban J connectivity index is 1.90. The minimum atomic E-state index is -0.201. The maximum Gasteiger partial charge on any atom is 0.250 e. The summed E-state index contributed by atoms with van der Waals surface area (Å²) in [5.74, 6) is -0.172. The van der Waals surface area contributed by atoms with E-state index < -0.39 is 0 Å². The Morgan fingerprint density at radius 3 is 2.84 bits per heavy atom. The van der Waals surface area contributed by atoms with E-state index >= 15 is 0 Å². The van der Waals surface area contributed by atoms with E-state index in [-0.39, 0.29) is 11.8 Å². The lowest BCUT2D eigenvalue weighted by atomic mass is 10.1. The van der Waals surface area contributed by atoms with Crippen molar-refractivity contribution in [3.8, 4) is 0 Å². The smallest absolute Gasteiger partial charge is 0.250 e. The Morgan fingerprint density at radius 1 is 1.40 bits per heavy atom. The first-order chi connectivity index (χ1) is 12.0. The Morgan fingerprint density at radius 2 is 2.20 bits per heavy atom. The van der Waals surface area contributed by atoms with Crippen molar-refractivity contribution >= 4 is 23.2 Å². The monoisotopic (exact) mass is 339 g/mol. The fraction of sp³-hybridized carbons (Fsp3) is 0.333. The van der Waals surface area contributed by atoms with Crippen LogP contribution in [0, 0.1) is 0 Å². The van der Waals surface area contributed by atoms with Crippen LogP contribution in [-0.4, -0.2) is 33.4 Å². The van der Waals surface area contributed by atoms with Gasteiger partial charge in [-0.1, -0.05) is 6.58 Å². The van der Waals surface area contributed by atoms with Crippen molar-refractivity contribution in [1.82, 2.24) is 15.0 Å². The van der Waals surface area contributed by atoms with Gasteiger partial charge >= 0.3 is 0 Å². The molecule has 0 bridgehead atoms. The first-order valence-corrected chi connectivity index (χ1v) is 8.27. The molecular weight excluding hydrogens is 318 g/mol. The molecule has 3 rings (SSSR count). The number of benzene rings is 1. The number of carbonyl (C=O) groups excluding carboxylic acids is 2. The summed E-state index contributed by atoms with van der Waals surface area (Å²) in [6.45, 7) is 8.78. The third-order valence-electron chi connectivity index (χ3n) is 4.28. The maximum absolute atomic E-state index is 12.4. The largest absolute Gasteiger partial charge is 0.312 e. The molecule has 2 aromatic rings. The highest BCUT2D eigenvalue weighted by atomic mass is 16.2. The molecule has 1 aliphatic heterocycles. The minimum Gasteiger partial charge on any atom is -0.312 e. The van der Waals surface area contributed by atoms with E-state index in [1.807, 2.05) is 25.1 Å². The fourth-order valence-electron chi connectivity index (χ4n) is 3.01. The summed E-state index contributed by atoms with van der Waals surface area (Å²) in [4.78, 5) is 29.0. The molecule has 25 heavy (non-hydrogen) atoms. The molecule has 7 heteroatoms. The van der Waals surface area contributed by atoms with Gasteiger partial charge in [0.15, 0.2) is 0 Å². The Hall–Kier alpha value is -2.96. The first-order valence-electron chi connectivity index (χ1n) is 8.27. The van der Waals surface area contributed by atoms with Crippen molar-refractivity contribution in [3.05, 3.63) is 48.3 Å². The predicted octanol–water partition coefficient (Wildman–Crippen LogP) is 1.93. The number of hydrogen-bond donors (Lipinski definition) is 0. The maximum atomic E-state index is 12.4. The van der Waals surface area contributed by atoms with Crippen LogP contribution in [0.25, 0.3) is 0 Å². The molecule has 0 spiro atoms. The number of amides is 2. The third kappa shape index (κ3) is 3.31. The van der Waals surface area contributed by atoms with Crippen molar-refractivity contribution in [1.29, 1.82) is 0 Å². The SMILES string of the molecule is C=CC(=O)N(Cc1cnn(CC)n1)c1ccc2c(c1)CCN2C(C)=O. The van der Waals surface area contributed by atoms with Crippen molar-refractivity contribution in [3.63, 3.8) is 0 Å². The lowest BCUT2D eigenvalue weighted by molar-refractivity contribution is -0.116. The minimum absolute atomic E-state index is 0.0294. The molecule has 2 amide bonds. The first kappa shape index (κ1) is 16.9. The highest BCUT2D eigenvalue weighted by molar-refractivity contribution is 6.01. The molecule has 0 N–H and O–H groups in total. The normalized spacial score (nSPS) is 12.8. The zero-order valence-electron chi connectivity index (χ0n) is 14.5. The Bertz CT molecular complexity index is 827. The molecule has 0 radical (unpaired) electrons. The Kier molecular flexibility index (Phi) is 4.65. The molecule has 1 aromatic carbocycles. The molecule has 0 atom stereocenters. The van der Waals surface area contributed by atoms with Gasteiger partial charge in [0.1, 0.15) is 5.69 Å². The zero-order valence-corrected chi connectivity index (χ0v) is 14.5. The van der Waals surface area contributed by atoms with Crippen molar-refractivity contribution in [2.45, 2.75) is 33.4 Å². The van der Waals surface area contributed by atoms with E-state index in [9.17, 15) is 9.59 Å². The van der Waals surface area contributed by atoms with Gasteiger partial charge in [0.25, 0.3) is 5.91 Å². The lowest BCUT2D eigenvalue weighted by Gasteiger charge is -2.22. The van der Waals surface area contributed by atoms with Gasteiger partial charge in [0.2, 0.25) is 5.91 Å². The van der Waals surface area contributed by atoms with Crippen LogP contribution >= 0.6 is 0 Å². The molecule has 0 fully saturated rings. The summed E-state index contributed by atoms with van der Waals surface area (Å²) in [6.07, 6.45) is 3.74. The lowest BCUT2D eigenvalue weighted by Crippen LogP contribution is -2.29. The molecule has 2 heterocycles. The van der Waals surface area contributed by atoms with Crippen LogP contribution < -0.4 is 9.80 Å². The molecular formula is C18H21N5O2. The molecule has 0 saturated heterocycles. The van der Waals surface area contributed by atoms with Gasteiger partial charge in [-0.2, -0.15) is 15.0 Å². The fourth-order valence-corrected chi connectivity index (χ4v) is 3.01. The number of carbonyl (C=O) groups is 2. The molecule has 7 nitrogen and oxygen atoms in total. The average molecular weight is 339 g/mol. The number of anilines is 2. The molecule has 0 unspecified atom stereocenters. The van der Waals surface area contributed by atoms with Crippen LogP contribution in [0.3, 0.4) is 0 Å². The van der Waals surface area contributed by atoms with Gasteiger partial charge in [-0.05, 0) is 43.2 Å². The topological polar surface area (TPSA) is 71.3 Å². The summed E-state index contributed by atoms with van der Waals surface area (Å²) in [5, 5.41) is 8.49. The summed E-state index contributed by atoms with van der Waals surface area (Å²) in [7, 11) is 0. The van der Waals surface area contributed by atoms with Gasteiger partial charge < -0.3 is 9.80 Å². The Labute approximate surface area is 146 Å². The third-order valence-corrected chi connectivity index (χ3v) is 4.28. The van der Waals surface area contributed by atoms with Gasteiger partial charge in [-0.3, -0.25) is 9.59 Å². The van der Waals surface area contributed by atoms with Crippen molar-refractivity contribution in [2.75, 3.05) is 16.3 Å². The van der Waals surface area contributed by atoms with Crippen LogP contribution in [0.15, 0.2) is 37.1 Å². The number of nitrogens with zero attached hydrogens (tertiary/aromatic N) is 5. The number of rotatable bonds is 5. The van der Waals surface area contributed by atoms with Crippen molar-refractivity contribution < 1.29 is 9.59 Å². The van der Waals surface area contributed by atoms with E-state index in [0.29, 0.717) is 25.3 Å². The van der Waals surface area contributed by atoms with E-state index in [0.717, 1.165) is 23.4 Å². The van der Waals surface area contributed by atoms with Gasteiger partial charge in [-0.25, -0.2) is 0 Å². The second kappa shape index (κ2) is 6.88. The molecule has 130 valence electrons. The van der Waals surface area contributed by atoms with E-state index in [1.165, 1.54) is 6.08 Å². The molecule has 1 aliphatic rings. The van der Waals surface area contributed by atoms with Crippen LogP contribution in [0.2, 0.25) is 0 Å². The zero-order chi connectivity index (χ0) is 18.0. The molecule has 0 aliphatic carbocycles. The summed E-state index contributed by atoms with van der Waals surface area (Å²) < 4.78 is 0. The average Bonchev–Trinajstić information content (AvgIpc) is 3.24. The van der Waals surface area contributed by atoms with E-state index in [4.69, 9.17) is 0 Å². The number of aryl methyl sites for hydroxylation is 1. The van der Waals surface area contributed by atoms with Crippen LogP contribution in [0.5, 0.6) is 0 Å².